The van der Waals surface area contributed by atoms with Crippen molar-refractivity contribution in [1.29, 1.82) is 0 Å². The van der Waals surface area contributed by atoms with Crippen molar-refractivity contribution in [2.24, 2.45) is 18.4 Å². The van der Waals surface area contributed by atoms with E-state index in [0.29, 0.717) is 5.91 Å². The molecule has 1 aliphatic carbocycles. The Balaban J connectivity index is 1.39. The minimum Gasteiger partial charge on any atom is -0.342 e. The molecule has 1 atom stereocenters. The van der Waals surface area contributed by atoms with E-state index in [0.717, 1.165) is 57.3 Å². The average Bonchev–Trinajstić information content (AvgIpc) is 3.19. The van der Waals surface area contributed by atoms with Crippen LogP contribution in [0.5, 0.6) is 0 Å². The molecule has 144 valence electrons. The molecule has 1 aromatic rings. The fourth-order valence-electron chi connectivity index (χ4n) is 5.40. The minimum absolute atomic E-state index is 0.111. The fourth-order valence-corrected chi connectivity index (χ4v) is 5.40. The van der Waals surface area contributed by atoms with Gasteiger partial charge in [0.25, 0.3) is 0 Å². The van der Waals surface area contributed by atoms with E-state index in [1.165, 1.54) is 44.2 Å². The normalized spacial score (nSPS) is 28.4. The smallest absolute Gasteiger partial charge is 0.230 e. The summed E-state index contributed by atoms with van der Waals surface area (Å²) in [5.41, 5.74) is 1.14. The maximum Gasteiger partial charge on any atom is 0.230 e. The van der Waals surface area contributed by atoms with Crippen LogP contribution in [0.15, 0.2) is 6.20 Å². The van der Waals surface area contributed by atoms with Crippen molar-refractivity contribution in [3.63, 3.8) is 0 Å². The molecule has 1 spiro atoms. The van der Waals surface area contributed by atoms with Crippen LogP contribution in [0.25, 0.3) is 0 Å². The molecule has 4 rings (SSSR count). The molecule has 0 bridgehead atoms. The third-order valence-corrected chi connectivity index (χ3v) is 7.16. The van der Waals surface area contributed by atoms with Crippen LogP contribution in [0.4, 0.5) is 0 Å². The van der Waals surface area contributed by atoms with Gasteiger partial charge in [-0.3, -0.25) is 9.69 Å². The van der Waals surface area contributed by atoms with Gasteiger partial charge in [0.05, 0.1) is 11.1 Å². The second-order valence-corrected chi connectivity index (χ2v) is 8.96. The molecule has 1 aromatic heterocycles. The van der Waals surface area contributed by atoms with Gasteiger partial charge in [-0.05, 0) is 51.5 Å². The molecule has 3 aliphatic rings. The zero-order valence-corrected chi connectivity index (χ0v) is 16.5. The zero-order valence-electron chi connectivity index (χ0n) is 16.5. The number of aryl methyl sites for hydroxylation is 1. The Morgan fingerprint density at radius 1 is 1.15 bits per heavy atom. The van der Waals surface area contributed by atoms with E-state index in [1.807, 2.05) is 13.1 Å². The van der Waals surface area contributed by atoms with E-state index < -0.39 is 0 Å². The van der Waals surface area contributed by atoms with Crippen molar-refractivity contribution in [1.82, 2.24) is 19.4 Å². The highest BCUT2D eigenvalue weighted by atomic mass is 16.2. The molecule has 3 heterocycles. The largest absolute Gasteiger partial charge is 0.342 e. The number of carbonyl (C=O) groups excluding carboxylic acids is 1. The molecular weight excluding hydrogens is 324 g/mol. The third kappa shape index (κ3) is 3.42. The van der Waals surface area contributed by atoms with Gasteiger partial charge in [0.15, 0.2) is 0 Å². The molecule has 0 N–H and O–H groups in total. The monoisotopic (exact) mass is 358 g/mol. The maximum absolute atomic E-state index is 13.4. The molecule has 1 amide bonds. The third-order valence-electron chi connectivity index (χ3n) is 7.16. The molecule has 26 heavy (non-hydrogen) atoms. The van der Waals surface area contributed by atoms with E-state index in [4.69, 9.17) is 0 Å². The van der Waals surface area contributed by atoms with Gasteiger partial charge in [-0.15, -0.1) is 0 Å². The van der Waals surface area contributed by atoms with E-state index in [9.17, 15) is 4.79 Å². The summed E-state index contributed by atoms with van der Waals surface area (Å²) in [4.78, 5) is 22.5. The lowest BCUT2D eigenvalue weighted by atomic mass is 9.77. The Morgan fingerprint density at radius 3 is 2.69 bits per heavy atom. The van der Waals surface area contributed by atoms with Gasteiger partial charge in [-0.25, -0.2) is 4.98 Å². The molecule has 1 saturated carbocycles. The van der Waals surface area contributed by atoms with Crippen molar-refractivity contribution >= 4 is 5.91 Å². The Bertz CT molecular complexity index is 648. The molecule has 0 radical (unpaired) electrons. The van der Waals surface area contributed by atoms with E-state index in [1.54, 1.807) is 0 Å². The van der Waals surface area contributed by atoms with Crippen LogP contribution in [-0.4, -0.2) is 51.4 Å². The number of rotatable bonds is 4. The van der Waals surface area contributed by atoms with Crippen molar-refractivity contribution in [2.75, 3.05) is 26.2 Å². The van der Waals surface area contributed by atoms with Crippen molar-refractivity contribution in [3.8, 4) is 0 Å². The SMILES string of the molecule is Cc1ncc(CN2CC[C@]3(CCCN(CC4CCCCC4)C3=O)C2)n1C. The number of imidazole rings is 1. The predicted molar refractivity (Wildman–Crippen MR) is 103 cm³/mol. The number of hydrogen-bond donors (Lipinski definition) is 0. The highest BCUT2D eigenvalue weighted by Crippen LogP contribution is 2.41. The Labute approximate surface area is 157 Å². The van der Waals surface area contributed by atoms with Crippen LogP contribution >= 0.6 is 0 Å². The van der Waals surface area contributed by atoms with Gasteiger partial charge < -0.3 is 9.47 Å². The minimum atomic E-state index is -0.111. The van der Waals surface area contributed by atoms with Crippen molar-refractivity contribution < 1.29 is 4.79 Å². The van der Waals surface area contributed by atoms with E-state index in [-0.39, 0.29) is 5.41 Å². The zero-order chi connectivity index (χ0) is 18.1. The molecular formula is C21H34N4O. The molecule has 2 saturated heterocycles. The summed E-state index contributed by atoms with van der Waals surface area (Å²) in [7, 11) is 2.08. The summed E-state index contributed by atoms with van der Waals surface area (Å²) in [6, 6.07) is 0. The van der Waals surface area contributed by atoms with Crippen LogP contribution in [0.3, 0.4) is 0 Å². The fraction of sp³-hybridized carbons (Fsp3) is 0.810. The van der Waals surface area contributed by atoms with Gasteiger partial charge in [0, 0.05) is 39.4 Å². The summed E-state index contributed by atoms with van der Waals surface area (Å²) in [5, 5.41) is 0. The number of likely N-dealkylation sites (tertiary alicyclic amines) is 2. The average molecular weight is 359 g/mol. The van der Waals surface area contributed by atoms with E-state index >= 15 is 0 Å². The van der Waals surface area contributed by atoms with Gasteiger partial charge in [0.2, 0.25) is 5.91 Å². The lowest BCUT2D eigenvalue weighted by molar-refractivity contribution is -0.146. The molecule has 3 fully saturated rings. The molecule has 5 heteroatoms. The van der Waals surface area contributed by atoms with E-state index in [2.05, 4.69) is 26.4 Å². The maximum atomic E-state index is 13.4. The summed E-state index contributed by atoms with van der Waals surface area (Å²) in [6.07, 6.45) is 12.0. The van der Waals surface area contributed by atoms with Gasteiger partial charge >= 0.3 is 0 Å². The first kappa shape index (κ1) is 18.0. The second-order valence-electron chi connectivity index (χ2n) is 8.96. The number of amides is 1. The lowest BCUT2D eigenvalue weighted by Gasteiger charge is -2.41. The van der Waals surface area contributed by atoms with Gasteiger partial charge in [-0.2, -0.15) is 0 Å². The van der Waals surface area contributed by atoms with Crippen LogP contribution < -0.4 is 0 Å². The van der Waals surface area contributed by atoms with Crippen LogP contribution in [0.2, 0.25) is 0 Å². The second kappa shape index (κ2) is 7.34. The predicted octanol–water partition coefficient (Wildman–Crippen LogP) is 3.12. The van der Waals surface area contributed by atoms with Crippen LogP contribution in [0, 0.1) is 18.3 Å². The molecule has 5 nitrogen and oxygen atoms in total. The summed E-state index contributed by atoms with van der Waals surface area (Å²) in [6.45, 7) is 6.92. The van der Waals surface area contributed by atoms with Crippen molar-refractivity contribution in [3.05, 3.63) is 17.7 Å². The lowest BCUT2D eigenvalue weighted by Crippen LogP contribution is -2.51. The first-order valence-corrected chi connectivity index (χ1v) is 10.6. The Hall–Kier alpha value is -1.36. The highest BCUT2D eigenvalue weighted by molar-refractivity contribution is 5.84. The number of piperidine rings is 1. The summed E-state index contributed by atoms with van der Waals surface area (Å²) in [5.74, 6) is 2.26. The quantitative estimate of drug-likeness (QED) is 0.830. The Kier molecular flexibility index (Phi) is 5.09. The Morgan fingerprint density at radius 2 is 1.96 bits per heavy atom. The number of carbonyl (C=O) groups is 1. The molecule has 2 aliphatic heterocycles. The van der Waals surface area contributed by atoms with Gasteiger partial charge in [0.1, 0.15) is 5.82 Å². The number of nitrogens with zero attached hydrogens (tertiary/aromatic N) is 4. The molecule has 0 unspecified atom stereocenters. The first-order chi connectivity index (χ1) is 12.6. The standard InChI is InChI=1S/C21H34N4O/c1-17-22-13-19(23(17)2)15-24-12-10-21(16-24)9-6-11-25(20(21)26)14-18-7-4-3-5-8-18/h13,18H,3-12,14-16H2,1-2H3/t21-/m1/s1. The highest BCUT2D eigenvalue weighted by Gasteiger charge is 2.48. The first-order valence-electron chi connectivity index (χ1n) is 10.6. The molecule has 0 aromatic carbocycles. The topological polar surface area (TPSA) is 41.4 Å². The van der Waals surface area contributed by atoms with Crippen LogP contribution in [-0.2, 0) is 18.4 Å². The number of hydrogen-bond acceptors (Lipinski definition) is 3. The van der Waals surface area contributed by atoms with Crippen molar-refractivity contribution in [2.45, 2.75) is 64.8 Å². The summed E-state index contributed by atoms with van der Waals surface area (Å²) < 4.78 is 2.17. The van der Waals surface area contributed by atoms with Gasteiger partial charge in [-0.1, -0.05) is 19.3 Å². The summed E-state index contributed by atoms with van der Waals surface area (Å²) >= 11 is 0. The van der Waals surface area contributed by atoms with Crippen LogP contribution in [0.1, 0.15) is 62.9 Å². The number of aromatic nitrogens is 2.